The van der Waals surface area contributed by atoms with Crippen molar-refractivity contribution in [3.05, 3.63) is 0 Å². The van der Waals surface area contributed by atoms with Gasteiger partial charge in [-0.05, 0) is 51.6 Å². The molecule has 1 heterocycles. The zero-order chi connectivity index (χ0) is 15.3. The lowest BCUT2D eigenvalue weighted by molar-refractivity contribution is 0.226. The van der Waals surface area contributed by atoms with Crippen molar-refractivity contribution in [3.8, 4) is 0 Å². The van der Waals surface area contributed by atoms with E-state index in [0.717, 1.165) is 51.5 Å². The van der Waals surface area contributed by atoms with Crippen molar-refractivity contribution >= 4 is 10.2 Å². The van der Waals surface area contributed by atoms with Crippen LogP contribution in [0.5, 0.6) is 0 Å². The highest BCUT2D eigenvalue weighted by atomic mass is 32.2. The van der Waals surface area contributed by atoms with E-state index in [2.05, 4.69) is 5.32 Å². The van der Waals surface area contributed by atoms with Crippen molar-refractivity contribution in [1.82, 2.24) is 13.9 Å². The monoisotopic (exact) mass is 317 g/mol. The van der Waals surface area contributed by atoms with Crippen molar-refractivity contribution in [2.75, 3.05) is 33.7 Å². The predicted octanol–water partition coefficient (Wildman–Crippen LogP) is 1.82. The Kier molecular flexibility index (Phi) is 6.47. The van der Waals surface area contributed by atoms with Crippen LogP contribution in [0.4, 0.5) is 0 Å². The molecule has 0 amide bonds. The molecule has 21 heavy (non-hydrogen) atoms. The minimum Gasteiger partial charge on any atom is -0.320 e. The highest BCUT2D eigenvalue weighted by Gasteiger charge is 2.34. The number of hydrogen-bond donors (Lipinski definition) is 1. The summed E-state index contributed by atoms with van der Waals surface area (Å²) in [6.07, 6.45) is 8.78. The highest BCUT2D eigenvalue weighted by molar-refractivity contribution is 7.86. The standard InChI is InChI=1S/C15H31N3O2S/c1-16-11-8-14-9-12-18(13-10-14)21(19,20)17(2)15-6-4-3-5-7-15/h14-16H,3-13H2,1-2H3. The van der Waals surface area contributed by atoms with Crippen LogP contribution in [0.3, 0.4) is 0 Å². The molecule has 6 heteroatoms. The summed E-state index contributed by atoms with van der Waals surface area (Å²) in [5.41, 5.74) is 0. The number of nitrogens with zero attached hydrogens (tertiary/aromatic N) is 2. The van der Waals surface area contributed by atoms with Gasteiger partial charge in [0.05, 0.1) is 0 Å². The van der Waals surface area contributed by atoms with Crippen LogP contribution in [0.2, 0.25) is 0 Å². The van der Waals surface area contributed by atoms with Crippen LogP contribution in [0.15, 0.2) is 0 Å². The fourth-order valence-electron chi connectivity index (χ4n) is 3.59. The predicted molar refractivity (Wildman–Crippen MR) is 86.4 cm³/mol. The topological polar surface area (TPSA) is 52.7 Å². The minimum atomic E-state index is -3.25. The third kappa shape index (κ3) is 4.41. The molecule has 0 aromatic rings. The zero-order valence-electron chi connectivity index (χ0n) is 13.6. The quantitative estimate of drug-likeness (QED) is 0.813. The van der Waals surface area contributed by atoms with Gasteiger partial charge in [0.1, 0.15) is 0 Å². The lowest BCUT2D eigenvalue weighted by atomic mass is 9.95. The summed E-state index contributed by atoms with van der Waals surface area (Å²) in [5.74, 6) is 0.670. The molecule has 0 aromatic carbocycles. The first-order valence-corrected chi connectivity index (χ1v) is 9.83. The average molecular weight is 317 g/mol. The van der Waals surface area contributed by atoms with Gasteiger partial charge in [0.2, 0.25) is 0 Å². The van der Waals surface area contributed by atoms with Gasteiger partial charge < -0.3 is 5.32 Å². The molecular weight excluding hydrogens is 286 g/mol. The van der Waals surface area contributed by atoms with Gasteiger partial charge in [-0.15, -0.1) is 0 Å². The molecule has 2 rings (SSSR count). The summed E-state index contributed by atoms with van der Waals surface area (Å²) in [5, 5.41) is 3.18. The molecule has 0 spiro atoms. The third-order valence-electron chi connectivity index (χ3n) is 5.16. The van der Waals surface area contributed by atoms with Gasteiger partial charge >= 0.3 is 0 Å². The molecule has 1 aliphatic carbocycles. The Labute approximate surface area is 130 Å². The van der Waals surface area contributed by atoms with E-state index in [1.165, 1.54) is 6.42 Å². The molecular formula is C15H31N3O2S. The summed E-state index contributed by atoms with van der Waals surface area (Å²) in [6, 6.07) is 0.214. The van der Waals surface area contributed by atoms with Crippen LogP contribution in [0.25, 0.3) is 0 Å². The van der Waals surface area contributed by atoms with Crippen LogP contribution >= 0.6 is 0 Å². The first kappa shape index (κ1) is 17.2. The van der Waals surface area contributed by atoms with Gasteiger partial charge in [-0.2, -0.15) is 17.0 Å². The zero-order valence-corrected chi connectivity index (χ0v) is 14.4. The number of rotatable bonds is 6. The summed E-state index contributed by atoms with van der Waals surface area (Å²) >= 11 is 0. The molecule has 1 saturated heterocycles. The SMILES string of the molecule is CNCCC1CCN(S(=O)(=O)N(C)C2CCCCC2)CC1. The van der Waals surface area contributed by atoms with Gasteiger partial charge in [0, 0.05) is 26.2 Å². The molecule has 0 atom stereocenters. The van der Waals surface area contributed by atoms with E-state index in [1.807, 2.05) is 7.05 Å². The van der Waals surface area contributed by atoms with Gasteiger partial charge in [-0.25, -0.2) is 0 Å². The first-order valence-electron chi connectivity index (χ1n) is 8.43. The van der Waals surface area contributed by atoms with Crippen molar-refractivity contribution in [3.63, 3.8) is 0 Å². The maximum Gasteiger partial charge on any atom is 0.281 e. The molecule has 124 valence electrons. The fourth-order valence-corrected chi connectivity index (χ4v) is 5.22. The molecule has 0 unspecified atom stereocenters. The molecule has 0 bridgehead atoms. The van der Waals surface area contributed by atoms with E-state index >= 15 is 0 Å². The smallest absolute Gasteiger partial charge is 0.281 e. The molecule has 5 nitrogen and oxygen atoms in total. The van der Waals surface area contributed by atoms with Crippen LogP contribution < -0.4 is 5.32 Å². The summed E-state index contributed by atoms with van der Waals surface area (Å²) in [6.45, 7) is 2.40. The Morgan fingerprint density at radius 2 is 1.71 bits per heavy atom. The molecule has 0 aromatic heterocycles. The maximum absolute atomic E-state index is 12.7. The van der Waals surface area contributed by atoms with Crippen molar-refractivity contribution in [2.24, 2.45) is 5.92 Å². The summed E-state index contributed by atoms with van der Waals surface area (Å²) < 4.78 is 28.8. The lowest BCUT2D eigenvalue weighted by Crippen LogP contribution is -2.49. The Hall–Kier alpha value is -0.170. The highest BCUT2D eigenvalue weighted by Crippen LogP contribution is 2.27. The molecule has 1 saturated carbocycles. The Morgan fingerprint density at radius 3 is 2.29 bits per heavy atom. The van der Waals surface area contributed by atoms with Crippen LogP contribution in [0.1, 0.15) is 51.4 Å². The van der Waals surface area contributed by atoms with E-state index in [4.69, 9.17) is 0 Å². The summed E-state index contributed by atoms with van der Waals surface area (Å²) in [4.78, 5) is 0. The largest absolute Gasteiger partial charge is 0.320 e. The van der Waals surface area contributed by atoms with Gasteiger partial charge in [-0.1, -0.05) is 19.3 Å². The second kappa shape index (κ2) is 7.90. The van der Waals surface area contributed by atoms with E-state index in [9.17, 15) is 8.42 Å². The summed E-state index contributed by atoms with van der Waals surface area (Å²) in [7, 11) is 0.493. The fraction of sp³-hybridized carbons (Fsp3) is 1.00. The molecule has 2 fully saturated rings. The number of piperidine rings is 1. The second-order valence-corrected chi connectivity index (χ2v) is 8.54. The van der Waals surface area contributed by atoms with Gasteiger partial charge in [0.25, 0.3) is 10.2 Å². The molecule has 1 aliphatic heterocycles. The van der Waals surface area contributed by atoms with Gasteiger partial charge in [0.15, 0.2) is 0 Å². The Morgan fingerprint density at radius 1 is 1.10 bits per heavy atom. The van der Waals surface area contributed by atoms with E-state index in [1.54, 1.807) is 15.7 Å². The van der Waals surface area contributed by atoms with Gasteiger partial charge in [-0.3, -0.25) is 0 Å². The number of hydrogen-bond acceptors (Lipinski definition) is 3. The third-order valence-corrected chi connectivity index (χ3v) is 7.20. The Bertz CT molecular complexity index is 399. The normalized spacial score (nSPS) is 23.8. The second-order valence-electron chi connectivity index (χ2n) is 6.55. The van der Waals surface area contributed by atoms with Crippen molar-refractivity contribution in [2.45, 2.75) is 57.4 Å². The van der Waals surface area contributed by atoms with E-state index in [-0.39, 0.29) is 6.04 Å². The molecule has 0 radical (unpaired) electrons. The molecule has 2 aliphatic rings. The van der Waals surface area contributed by atoms with Crippen molar-refractivity contribution < 1.29 is 8.42 Å². The maximum atomic E-state index is 12.7. The lowest BCUT2D eigenvalue weighted by Gasteiger charge is -2.37. The molecule has 1 N–H and O–H groups in total. The van der Waals surface area contributed by atoms with Crippen molar-refractivity contribution in [1.29, 1.82) is 0 Å². The Balaban J connectivity index is 1.88. The van der Waals surface area contributed by atoms with Crippen LogP contribution in [0, 0.1) is 5.92 Å². The van der Waals surface area contributed by atoms with E-state index in [0.29, 0.717) is 19.0 Å². The van der Waals surface area contributed by atoms with Crippen LogP contribution in [-0.4, -0.2) is 56.8 Å². The average Bonchev–Trinajstić information content (AvgIpc) is 2.53. The first-order chi connectivity index (χ1) is 10.1. The van der Waals surface area contributed by atoms with Crippen LogP contribution in [-0.2, 0) is 10.2 Å². The van der Waals surface area contributed by atoms with E-state index < -0.39 is 10.2 Å². The number of nitrogens with one attached hydrogen (secondary N) is 1. The minimum absolute atomic E-state index is 0.214.